The van der Waals surface area contributed by atoms with Crippen molar-refractivity contribution >= 4 is 17.5 Å². The first-order valence-electron chi connectivity index (χ1n) is 6.45. The molecule has 1 N–H and O–H groups in total. The molecule has 1 amide bonds. The van der Waals surface area contributed by atoms with Gasteiger partial charge in [0.15, 0.2) is 6.61 Å². The second-order valence-corrected chi connectivity index (χ2v) is 4.78. The van der Waals surface area contributed by atoms with Crippen LogP contribution in [-0.4, -0.2) is 28.6 Å². The Labute approximate surface area is 126 Å². The Bertz CT molecular complexity index is 590. The molecule has 112 valence electrons. The Kier molecular flexibility index (Phi) is 5.57. The molecule has 0 saturated carbocycles. The number of nitrogens with zero attached hydrogens (tertiary/aromatic N) is 2. The van der Waals surface area contributed by atoms with Gasteiger partial charge in [0.05, 0.1) is 11.3 Å². The van der Waals surface area contributed by atoms with Crippen molar-refractivity contribution < 1.29 is 13.9 Å². The number of hydrogen-bond acceptors (Lipinski definition) is 3. The van der Waals surface area contributed by atoms with E-state index in [9.17, 15) is 9.18 Å². The molecular weight excluding hydrogens is 297 g/mol. The SMILES string of the molecule is O=C(COc1ccc(F)c(Cl)c1)NCCCn1ccnc1. The molecule has 0 atom stereocenters. The van der Waals surface area contributed by atoms with Gasteiger partial charge in [-0.1, -0.05) is 11.6 Å². The summed E-state index contributed by atoms with van der Waals surface area (Å²) in [6.07, 6.45) is 6.09. The maximum Gasteiger partial charge on any atom is 0.257 e. The molecule has 0 aliphatic heterocycles. The van der Waals surface area contributed by atoms with Crippen LogP contribution < -0.4 is 10.1 Å². The van der Waals surface area contributed by atoms with E-state index in [2.05, 4.69) is 10.3 Å². The molecule has 0 aliphatic rings. The number of rotatable bonds is 7. The Morgan fingerprint density at radius 1 is 1.48 bits per heavy atom. The molecule has 1 aromatic heterocycles. The van der Waals surface area contributed by atoms with Crippen LogP contribution in [0.2, 0.25) is 5.02 Å². The molecule has 0 spiro atoms. The lowest BCUT2D eigenvalue weighted by Gasteiger charge is -2.08. The summed E-state index contributed by atoms with van der Waals surface area (Å²) in [5.41, 5.74) is 0. The summed E-state index contributed by atoms with van der Waals surface area (Å²) in [6, 6.07) is 3.96. The largest absolute Gasteiger partial charge is 0.484 e. The van der Waals surface area contributed by atoms with Gasteiger partial charge in [-0.25, -0.2) is 9.37 Å². The zero-order valence-electron chi connectivity index (χ0n) is 11.3. The van der Waals surface area contributed by atoms with Crippen molar-refractivity contribution in [3.63, 3.8) is 0 Å². The van der Waals surface area contributed by atoms with E-state index in [1.54, 1.807) is 12.5 Å². The van der Waals surface area contributed by atoms with E-state index >= 15 is 0 Å². The number of aryl methyl sites for hydroxylation is 1. The highest BCUT2D eigenvalue weighted by Crippen LogP contribution is 2.20. The van der Waals surface area contributed by atoms with Gasteiger partial charge in [0.25, 0.3) is 5.91 Å². The van der Waals surface area contributed by atoms with E-state index in [1.807, 2.05) is 10.8 Å². The van der Waals surface area contributed by atoms with Gasteiger partial charge in [0, 0.05) is 31.5 Å². The van der Waals surface area contributed by atoms with Gasteiger partial charge in [-0.2, -0.15) is 0 Å². The summed E-state index contributed by atoms with van der Waals surface area (Å²) in [5, 5.41) is 2.70. The van der Waals surface area contributed by atoms with Crippen LogP contribution in [0.25, 0.3) is 0 Å². The minimum absolute atomic E-state index is 0.0340. The van der Waals surface area contributed by atoms with E-state index in [0.717, 1.165) is 13.0 Å². The lowest BCUT2D eigenvalue weighted by atomic mass is 10.3. The fraction of sp³-hybridized carbons (Fsp3) is 0.286. The van der Waals surface area contributed by atoms with Crippen LogP contribution >= 0.6 is 11.6 Å². The summed E-state index contributed by atoms with van der Waals surface area (Å²) in [4.78, 5) is 15.5. The van der Waals surface area contributed by atoms with Crippen molar-refractivity contribution in [2.45, 2.75) is 13.0 Å². The van der Waals surface area contributed by atoms with Gasteiger partial charge in [-0.3, -0.25) is 4.79 Å². The predicted octanol–water partition coefficient (Wildman–Crippen LogP) is 2.26. The van der Waals surface area contributed by atoms with Crippen molar-refractivity contribution in [1.82, 2.24) is 14.9 Å². The first-order valence-corrected chi connectivity index (χ1v) is 6.83. The fourth-order valence-corrected chi connectivity index (χ4v) is 1.85. The van der Waals surface area contributed by atoms with Crippen molar-refractivity contribution in [2.75, 3.05) is 13.2 Å². The van der Waals surface area contributed by atoms with Gasteiger partial charge < -0.3 is 14.6 Å². The highest BCUT2D eigenvalue weighted by atomic mass is 35.5. The summed E-state index contributed by atoms with van der Waals surface area (Å²) in [7, 11) is 0. The molecule has 0 radical (unpaired) electrons. The molecular formula is C14H15ClFN3O2. The average Bonchev–Trinajstić information content (AvgIpc) is 2.98. The number of nitrogens with one attached hydrogen (secondary N) is 1. The number of benzene rings is 1. The van der Waals surface area contributed by atoms with Crippen molar-refractivity contribution in [3.8, 4) is 5.75 Å². The Morgan fingerprint density at radius 2 is 2.33 bits per heavy atom. The van der Waals surface area contributed by atoms with E-state index in [4.69, 9.17) is 16.3 Å². The van der Waals surface area contributed by atoms with Crippen LogP contribution in [0.15, 0.2) is 36.9 Å². The molecule has 1 aromatic carbocycles. The first kappa shape index (κ1) is 15.3. The third kappa shape index (κ3) is 5.07. The number of amides is 1. The van der Waals surface area contributed by atoms with Crippen LogP contribution in [0.5, 0.6) is 5.75 Å². The lowest BCUT2D eigenvalue weighted by Crippen LogP contribution is -2.30. The van der Waals surface area contributed by atoms with Crippen LogP contribution in [0, 0.1) is 5.82 Å². The van der Waals surface area contributed by atoms with Gasteiger partial charge >= 0.3 is 0 Å². The fourth-order valence-electron chi connectivity index (χ4n) is 1.67. The monoisotopic (exact) mass is 311 g/mol. The van der Waals surface area contributed by atoms with E-state index < -0.39 is 5.82 Å². The molecule has 0 saturated heterocycles. The topological polar surface area (TPSA) is 56.1 Å². The molecule has 0 bridgehead atoms. The van der Waals surface area contributed by atoms with Crippen molar-refractivity contribution in [2.24, 2.45) is 0 Å². The molecule has 21 heavy (non-hydrogen) atoms. The summed E-state index contributed by atoms with van der Waals surface area (Å²) < 4.78 is 20.1. The quantitative estimate of drug-likeness (QED) is 0.798. The van der Waals surface area contributed by atoms with Gasteiger partial charge in [0.1, 0.15) is 11.6 Å². The molecule has 7 heteroatoms. The second kappa shape index (κ2) is 7.64. The lowest BCUT2D eigenvalue weighted by molar-refractivity contribution is -0.123. The van der Waals surface area contributed by atoms with Crippen LogP contribution in [0.3, 0.4) is 0 Å². The number of ether oxygens (including phenoxy) is 1. The Balaban J connectivity index is 1.64. The zero-order valence-corrected chi connectivity index (χ0v) is 12.0. The summed E-state index contributed by atoms with van der Waals surface area (Å²) in [6.45, 7) is 1.20. The highest BCUT2D eigenvalue weighted by Gasteiger charge is 2.05. The van der Waals surface area contributed by atoms with Crippen molar-refractivity contribution in [3.05, 3.63) is 47.8 Å². The maximum absolute atomic E-state index is 12.9. The third-order valence-electron chi connectivity index (χ3n) is 2.74. The number of carbonyl (C=O) groups is 1. The predicted molar refractivity (Wildman–Crippen MR) is 76.8 cm³/mol. The Hall–Kier alpha value is -2.08. The standard InChI is InChI=1S/C14H15ClFN3O2/c15-12-8-11(2-3-13(12)16)21-9-14(20)18-4-1-6-19-7-5-17-10-19/h2-3,5,7-8,10H,1,4,6,9H2,(H,18,20). The smallest absolute Gasteiger partial charge is 0.257 e. The van der Waals surface area contributed by atoms with Gasteiger partial charge in [0.2, 0.25) is 0 Å². The first-order chi connectivity index (χ1) is 10.1. The molecule has 2 rings (SSSR count). The van der Waals surface area contributed by atoms with Crippen LogP contribution in [0.4, 0.5) is 4.39 Å². The Morgan fingerprint density at radius 3 is 3.05 bits per heavy atom. The molecule has 0 unspecified atom stereocenters. The number of imidazole rings is 1. The van der Waals surface area contributed by atoms with Crippen LogP contribution in [-0.2, 0) is 11.3 Å². The molecule has 1 heterocycles. The van der Waals surface area contributed by atoms with Gasteiger partial charge in [-0.15, -0.1) is 0 Å². The molecule has 5 nitrogen and oxygen atoms in total. The van der Waals surface area contributed by atoms with E-state index in [1.165, 1.54) is 18.2 Å². The normalized spacial score (nSPS) is 10.4. The minimum atomic E-state index is -0.520. The third-order valence-corrected chi connectivity index (χ3v) is 3.03. The highest BCUT2D eigenvalue weighted by molar-refractivity contribution is 6.30. The summed E-state index contributed by atoms with van der Waals surface area (Å²) >= 11 is 5.62. The minimum Gasteiger partial charge on any atom is -0.484 e. The molecule has 0 aliphatic carbocycles. The number of aromatic nitrogens is 2. The van der Waals surface area contributed by atoms with Crippen molar-refractivity contribution in [1.29, 1.82) is 0 Å². The van der Waals surface area contributed by atoms with E-state index in [-0.39, 0.29) is 17.5 Å². The second-order valence-electron chi connectivity index (χ2n) is 4.37. The summed E-state index contributed by atoms with van der Waals surface area (Å²) in [5.74, 6) is -0.399. The molecule has 0 fully saturated rings. The number of hydrogen-bond donors (Lipinski definition) is 1. The number of halogens is 2. The van der Waals surface area contributed by atoms with Gasteiger partial charge in [-0.05, 0) is 18.6 Å². The average molecular weight is 312 g/mol. The number of carbonyl (C=O) groups excluding carboxylic acids is 1. The maximum atomic E-state index is 12.9. The van der Waals surface area contributed by atoms with E-state index in [0.29, 0.717) is 12.3 Å². The zero-order chi connectivity index (χ0) is 15.1. The van der Waals surface area contributed by atoms with Crippen LogP contribution in [0.1, 0.15) is 6.42 Å². The molecule has 2 aromatic rings.